The van der Waals surface area contributed by atoms with Gasteiger partial charge in [-0.1, -0.05) is 36.7 Å². The second-order valence-electron chi connectivity index (χ2n) is 3.93. The summed E-state index contributed by atoms with van der Waals surface area (Å²) >= 11 is 7.95. The molecule has 2 N–H and O–H groups in total. The van der Waals surface area contributed by atoms with Crippen molar-refractivity contribution in [3.8, 4) is 11.3 Å². The SMILES string of the molecule is CC(C)Sc1ccc(-c2cc(N)on2)cc1Cl. The summed E-state index contributed by atoms with van der Waals surface area (Å²) in [5.74, 6) is 0.303. The number of aromatic nitrogens is 1. The zero-order chi connectivity index (χ0) is 12.4. The van der Waals surface area contributed by atoms with Crippen LogP contribution < -0.4 is 5.73 Å². The highest BCUT2D eigenvalue weighted by molar-refractivity contribution is 8.00. The summed E-state index contributed by atoms with van der Waals surface area (Å²) in [6.45, 7) is 4.26. The van der Waals surface area contributed by atoms with E-state index in [1.54, 1.807) is 17.8 Å². The van der Waals surface area contributed by atoms with Crippen LogP contribution in [0.5, 0.6) is 0 Å². The molecule has 0 fully saturated rings. The van der Waals surface area contributed by atoms with E-state index in [1.165, 1.54) is 0 Å². The van der Waals surface area contributed by atoms with Crippen LogP contribution in [0.15, 0.2) is 33.7 Å². The highest BCUT2D eigenvalue weighted by Gasteiger charge is 2.08. The van der Waals surface area contributed by atoms with Gasteiger partial charge in [0.05, 0.1) is 5.02 Å². The van der Waals surface area contributed by atoms with Crippen LogP contribution in [0.2, 0.25) is 5.02 Å². The minimum Gasteiger partial charge on any atom is -0.368 e. The van der Waals surface area contributed by atoms with Gasteiger partial charge in [0.1, 0.15) is 5.69 Å². The van der Waals surface area contributed by atoms with Crippen molar-refractivity contribution in [2.75, 3.05) is 5.73 Å². The lowest BCUT2D eigenvalue weighted by molar-refractivity contribution is 0.439. The predicted octanol–water partition coefficient (Wildman–Crippen LogP) is 4.08. The van der Waals surface area contributed by atoms with Crippen LogP contribution in [0.1, 0.15) is 13.8 Å². The van der Waals surface area contributed by atoms with Crippen LogP contribution in [0, 0.1) is 0 Å². The molecule has 0 radical (unpaired) electrons. The molecule has 0 bridgehead atoms. The number of hydrogen-bond acceptors (Lipinski definition) is 4. The Bertz CT molecular complexity index is 525. The van der Waals surface area contributed by atoms with Crippen LogP contribution in [0.25, 0.3) is 11.3 Å². The van der Waals surface area contributed by atoms with E-state index in [0.717, 1.165) is 15.5 Å². The van der Waals surface area contributed by atoms with E-state index in [2.05, 4.69) is 19.0 Å². The Labute approximate surface area is 109 Å². The fourth-order valence-corrected chi connectivity index (χ4v) is 2.58. The maximum atomic E-state index is 6.22. The largest absolute Gasteiger partial charge is 0.368 e. The van der Waals surface area contributed by atoms with E-state index >= 15 is 0 Å². The molecule has 17 heavy (non-hydrogen) atoms. The summed E-state index contributed by atoms with van der Waals surface area (Å²) in [7, 11) is 0. The molecule has 0 saturated heterocycles. The Morgan fingerprint density at radius 2 is 2.12 bits per heavy atom. The van der Waals surface area contributed by atoms with E-state index < -0.39 is 0 Å². The Balaban J connectivity index is 2.30. The van der Waals surface area contributed by atoms with Crippen molar-refractivity contribution in [3.05, 3.63) is 29.3 Å². The molecule has 3 nitrogen and oxygen atoms in total. The highest BCUT2D eigenvalue weighted by Crippen LogP contribution is 2.33. The van der Waals surface area contributed by atoms with Crippen LogP contribution in [0.4, 0.5) is 5.88 Å². The zero-order valence-electron chi connectivity index (χ0n) is 9.61. The van der Waals surface area contributed by atoms with E-state index in [1.807, 2.05) is 18.2 Å². The predicted molar refractivity (Wildman–Crippen MR) is 72.4 cm³/mol. The van der Waals surface area contributed by atoms with E-state index in [0.29, 0.717) is 16.8 Å². The average Bonchev–Trinajstić information content (AvgIpc) is 2.67. The lowest BCUT2D eigenvalue weighted by atomic mass is 10.1. The molecule has 0 spiro atoms. The Morgan fingerprint density at radius 1 is 1.35 bits per heavy atom. The second kappa shape index (κ2) is 5.02. The van der Waals surface area contributed by atoms with Gasteiger partial charge < -0.3 is 10.3 Å². The molecule has 1 aromatic carbocycles. The first kappa shape index (κ1) is 12.3. The van der Waals surface area contributed by atoms with Gasteiger partial charge in [0.15, 0.2) is 0 Å². The van der Waals surface area contributed by atoms with Crippen LogP contribution >= 0.6 is 23.4 Å². The number of nitrogens with two attached hydrogens (primary N) is 1. The smallest absolute Gasteiger partial charge is 0.222 e. The normalized spacial score (nSPS) is 11.1. The summed E-state index contributed by atoms with van der Waals surface area (Å²) in [5.41, 5.74) is 7.09. The van der Waals surface area contributed by atoms with Gasteiger partial charge in [-0.25, -0.2) is 0 Å². The molecule has 2 aromatic rings. The van der Waals surface area contributed by atoms with Crippen molar-refractivity contribution >= 4 is 29.2 Å². The number of hydrogen-bond donors (Lipinski definition) is 1. The van der Waals surface area contributed by atoms with Crippen LogP contribution in [-0.2, 0) is 0 Å². The molecule has 0 aliphatic rings. The zero-order valence-corrected chi connectivity index (χ0v) is 11.2. The number of benzene rings is 1. The number of nitrogen functional groups attached to an aromatic ring is 1. The molecule has 1 aromatic heterocycles. The third kappa shape index (κ3) is 2.96. The van der Waals surface area contributed by atoms with E-state index in [9.17, 15) is 0 Å². The van der Waals surface area contributed by atoms with Crippen LogP contribution in [-0.4, -0.2) is 10.4 Å². The number of rotatable bonds is 3. The maximum Gasteiger partial charge on any atom is 0.222 e. The number of halogens is 1. The topological polar surface area (TPSA) is 52.0 Å². The van der Waals surface area contributed by atoms with E-state index in [4.69, 9.17) is 21.9 Å². The maximum absolute atomic E-state index is 6.22. The molecular formula is C12H13ClN2OS. The van der Waals surface area contributed by atoms with Crippen molar-refractivity contribution in [2.45, 2.75) is 24.0 Å². The molecule has 0 saturated carbocycles. The molecule has 0 unspecified atom stereocenters. The Hall–Kier alpha value is -1.13. The Kier molecular flexibility index (Phi) is 3.64. The first-order chi connectivity index (χ1) is 8.06. The summed E-state index contributed by atoms with van der Waals surface area (Å²) in [6, 6.07) is 7.52. The highest BCUT2D eigenvalue weighted by atomic mass is 35.5. The summed E-state index contributed by atoms with van der Waals surface area (Å²) in [4.78, 5) is 1.07. The van der Waals surface area contributed by atoms with Gasteiger partial charge in [0.2, 0.25) is 5.88 Å². The molecule has 0 aliphatic heterocycles. The number of thioether (sulfide) groups is 1. The molecule has 0 amide bonds. The van der Waals surface area contributed by atoms with Crippen LogP contribution in [0.3, 0.4) is 0 Å². The molecule has 5 heteroatoms. The third-order valence-corrected chi connectivity index (χ3v) is 3.62. The first-order valence-electron chi connectivity index (χ1n) is 5.25. The minimum absolute atomic E-state index is 0.303. The molecule has 2 rings (SSSR count). The summed E-state index contributed by atoms with van der Waals surface area (Å²) in [6.07, 6.45) is 0. The monoisotopic (exact) mass is 268 g/mol. The second-order valence-corrected chi connectivity index (χ2v) is 5.95. The van der Waals surface area contributed by atoms with Gasteiger partial charge in [-0.2, -0.15) is 0 Å². The number of nitrogens with zero attached hydrogens (tertiary/aromatic N) is 1. The fraction of sp³-hybridized carbons (Fsp3) is 0.250. The number of anilines is 1. The summed E-state index contributed by atoms with van der Waals surface area (Å²) in [5, 5.41) is 5.08. The lowest BCUT2D eigenvalue weighted by Crippen LogP contribution is -1.87. The molecule has 0 atom stereocenters. The van der Waals surface area contributed by atoms with Crippen molar-refractivity contribution in [1.82, 2.24) is 5.16 Å². The molecule has 1 heterocycles. The molecule has 90 valence electrons. The van der Waals surface area contributed by atoms with E-state index in [-0.39, 0.29) is 0 Å². The summed E-state index contributed by atoms with van der Waals surface area (Å²) < 4.78 is 4.83. The van der Waals surface area contributed by atoms with Gasteiger partial charge in [0, 0.05) is 21.8 Å². The van der Waals surface area contributed by atoms with Gasteiger partial charge >= 0.3 is 0 Å². The molecular weight excluding hydrogens is 256 g/mol. The fourth-order valence-electron chi connectivity index (χ4n) is 1.44. The Morgan fingerprint density at radius 3 is 2.65 bits per heavy atom. The molecule has 0 aliphatic carbocycles. The van der Waals surface area contributed by atoms with Gasteiger partial charge in [-0.3, -0.25) is 0 Å². The van der Waals surface area contributed by atoms with Gasteiger partial charge in [-0.15, -0.1) is 11.8 Å². The van der Waals surface area contributed by atoms with Crippen molar-refractivity contribution in [2.24, 2.45) is 0 Å². The van der Waals surface area contributed by atoms with Crippen molar-refractivity contribution in [3.63, 3.8) is 0 Å². The van der Waals surface area contributed by atoms with Gasteiger partial charge in [0.25, 0.3) is 0 Å². The van der Waals surface area contributed by atoms with Crippen molar-refractivity contribution < 1.29 is 4.52 Å². The quantitative estimate of drug-likeness (QED) is 0.853. The third-order valence-electron chi connectivity index (χ3n) is 2.12. The van der Waals surface area contributed by atoms with Crippen molar-refractivity contribution in [1.29, 1.82) is 0 Å². The lowest BCUT2D eigenvalue weighted by Gasteiger charge is -2.07. The standard InChI is InChI=1S/C12H13ClN2OS/c1-7(2)17-11-4-3-8(5-9(11)13)10-6-12(14)16-15-10/h3-7H,14H2,1-2H3. The first-order valence-corrected chi connectivity index (χ1v) is 6.51. The van der Waals surface area contributed by atoms with Gasteiger partial charge in [-0.05, 0) is 12.1 Å². The average molecular weight is 269 g/mol. The minimum atomic E-state index is 0.303.